The number of rotatable bonds is 3. The quantitative estimate of drug-likeness (QED) is 0.175. The molecule has 64 heavy (non-hydrogen) atoms. The Labute approximate surface area is 373 Å². The van der Waals surface area contributed by atoms with E-state index in [0.29, 0.717) is 0 Å². The Morgan fingerprint density at radius 3 is 0.859 bits per heavy atom. The summed E-state index contributed by atoms with van der Waals surface area (Å²) < 4.78 is 0. The Morgan fingerprint density at radius 1 is 0.219 bits per heavy atom. The van der Waals surface area contributed by atoms with E-state index in [9.17, 15) is 0 Å². The average molecular weight is 813 g/mol. The van der Waals surface area contributed by atoms with Crippen LogP contribution in [0.15, 0.2) is 243 Å². The molecule has 0 aromatic heterocycles. The normalized spacial score (nSPS) is 14.8. The van der Waals surface area contributed by atoms with Gasteiger partial charge in [0.2, 0.25) is 0 Å². The smallest absolute Gasteiger partial charge is 0.0754 e. The van der Waals surface area contributed by atoms with Crippen LogP contribution in [0.5, 0.6) is 0 Å². The van der Waals surface area contributed by atoms with Crippen LogP contribution in [-0.2, 0) is 10.8 Å². The van der Waals surface area contributed by atoms with Crippen LogP contribution in [0.25, 0.3) is 33.4 Å². The number of hydrogen-bond acceptors (Lipinski definition) is 2. The fourth-order valence-corrected chi connectivity index (χ4v) is 12.3. The minimum absolute atomic E-state index is 0.531. The van der Waals surface area contributed by atoms with Gasteiger partial charge in [-0.15, -0.1) is 0 Å². The Balaban J connectivity index is 1.02. The topological polar surface area (TPSA) is 6.48 Å². The predicted molar refractivity (Wildman–Crippen MR) is 263 cm³/mol. The lowest BCUT2D eigenvalue weighted by Gasteiger charge is -2.45. The SMILES string of the molecule is c1ccc(N2c3ccccc3C3(c4ccccc4-c4ccc(-c5ccc6c(c5)C5(c7ccccc7-6)c6ccccc6N(c6ccccc6)c6ccccc65)cc43)c3ccccc32)cc1. The van der Waals surface area contributed by atoms with E-state index in [2.05, 4.69) is 252 Å². The standard InChI is InChI=1S/C62H40N2/c1-3-19-43(20-4-1)63-57-31-15-11-27-51(57)61(52-28-12-16-32-58(52)63)49-25-9-7-23-45(49)47-37-35-41(39-55(47)61)42-36-38-48-46-24-8-10-26-50(46)62(56(48)40-42)53-29-13-17-33-59(53)64(44-21-5-2-6-22-44)60-34-18-14-30-54(60)62/h1-40H. The molecule has 2 heteroatoms. The maximum atomic E-state index is 2.53. The van der Waals surface area contributed by atoms with E-state index in [1.54, 1.807) is 0 Å². The second kappa shape index (κ2) is 13.2. The summed E-state index contributed by atoms with van der Waals surface area (Å²) in [5.41, 5.74) is 24.1. The zero-order valence-electron chi connectivity index (χ0n) is 35.0. The fraction of sp³-hybridized carbons (Fsp3) is 0.0323. The Morgan fingerprint density at radius 2 is 0.500 bits per heavy atom. The van der Waals surface area contributed by atoms with Crippen molar-refractivity contribution in [3.05, 3.63) is 287 Å². The zero-order chi connectivity index (χ0) is 42.0. The van der Waals surface area contributed by atoms with Crippen LogP contribution in [-0.4, -0.2) is 0 Å². The predicted octanol–water partition coefficient (Wildman–Crippen LogP) is 15.6. The van der Waals surface area contributed by atoms with Gasteiger partial charge in [-0.1, -0.05) is 182 Å². The first kappa shape index (κ1) is 35.4. The van der Waals surface area contributed by atoms with Gasteiger partial charge in [-0.05, 0) is 139 Å². The summed E-state index contributed by atoms with van der Waals surface area (Å²) in [5.74, 6) is 0. The van der Waals surface area contributed by atoms with E-state index >= 15 is 0 Å². The van der Waals surface area contributed by atoms with E-state index in [-0.39, 0.29) is 0 Å². The summed E-state index contributed by atoms with van der Waals surface area (Å²) in [6.45, 7) is 0. The second-order valence-corrected chi connectivity index (χ2v) is 17.5. The van der Waals surface area contributed by atoms with Crippen molar-refractivity contribution in [3.8, 4) is 33.4 Å². The summed E-state index contributed by atoms with van der Waals surface area (Å²) >= 11 is 0. The molecule has 298 valence electrons. The molecule has 2 nitrogen and oxygen atoms in total. The molecular formula is C62H40N2. The molecule has 2 heterocycles. The van der Waals surface area contributed by atoms with E-state index in [4.69, 9.17) is 0 Å². The largest absolute Gasteiger partial charge is 0.310 e. The molecule has 2 aliphatic heterocycles. The first-order valence-corrected chi connectivity index (χ1v) is 22.4. The molecular weight excluding hydrogens is 773 g/mol. The molecule has 0 fully saturated rings. The maximum absolute atomic E-state index is 2.53. The van der Waals surface area contributed by atoms with Gasteiger partial charge in [-0.25, -0.2) is 0 Å². The lowest BCUT2D eigenvalue weighted by Crippen LogP contribution is -2.36. The first-order valence-electron chi connectivity index (χ1n) is 22.4. The van der Waals surface area contributed by atoms with Crippen LogP contribution < -0.4 is 9.80 Å². The minimum atomic E-state index is -0.531. The summed E-state index contributed by atoms with van der Waals surface area (Å²) in [6.07, 6.45) is 0. The van der Waals surface area contributed by atoms with Gasteiger partial charge in [0.15, 0.2) is 0 Å². The van der Waals surface area contributed by atoms with Crippen LogP contribution in [0.4, 0.5) is 34.1 Å². The van der Waals surface area contributed by atoms with Crippen molar-refractivity contribution in [2.24, 2.45) is 0 Å². The van der Waals surface area contributed by atoms with Crippen LogP contribution >= 0.6 is 0 Å². The van der Waals surface area contributed by atoms with Gasteiger partial charge in [0.1, 0.15) is 0 Å². The summed E-state index contributed by atoms with van der Waals surface area (Å²) in [7, 11) is 0. The third kappa shape index (κ3) is 4.44. The van der Waals surface area contributed by atoms with Crippen molar-refractivity contribution in [1.82, 2.24) is 0 Å². The van der Waals surface area contributed by atoms with Gasteiger partial charge >= 0.3 is 0 Å². The number of para-hydroxylation sites is 6. The summed E-state index contributed by atoms with van der Waals surface area (Å²) in [6, 6.07) is 90.8. The van der Waals surface area contributed by atoms with Crippen molar-refractivity contribution < 1.29 is 0 Å². The molecule has 0 unspecified atom stereocenters. The first-order chi connectivity index (χ1) is 31.8. The molecule has 10 aromatic carbocycles. The molecule has 14 rings (SSSR count). The molecule has 2 aliphatic carbocycles. The van der Waals surface area contributed by atoms with Gasteiger partial charge in [0.25, 0.3) is 0 Å². The number of benzene rings is 10. The number of fused-ring (bicyclic) bond motifs is 18. The van der Waals surface area contributed by atoms with Crippen LogP contribution in [0.1, 0.15) is 44.5 Å². The number of hydrogen-bond donors (Lipinski definition) is 0. The minimum Gasteiger partial charge on any atom is -0.310 e. The average Bonchev–Trinajstić information content (AvgIpc) is 3.82. The van der Waals surface area contributed by atoms with Gasteiger partial charge < -0.3 is 9.80 Å². The number of anilines is 6. The van der Waals surface area contributed by atoms with E-state index < -0.39 is 10.8 Å². The number of nitrogens with zero attached hydrogens (tertiary/aromatic N) is 2. The molecule has 0 N–H and O–H groups in total. The molecule has 0 radical (unpaired) electrons. The van der Waals surface area contributed by atoms with Crippen molar-refractivity contribution in [3.63, 3.8) is 0 Å². The van der Waals surface area contributed by atoms with E-state index in [1.807, 2.05) is 0 Å². The maximum Gasteiger partial charge on any atom is 0.0754 e. The molecule has 0 atom stereocenters. The van der Waals surface area contributed by atoms with Crippen LogP contribution in [0, 0.1) is 0 Å². The lowest BCUT2D eigenvalue weighted by molar-refractivity contribution is 0.752. The molecule has 0 amide bonds. The highest BCUT2D eigenvalue weighted by Gasteiger charge is 2.53. The van der Waals surface area contributed by atoms with Gasteiger partial charge in [-0.3, -0.25) is 0 Å². The van der Waals surface area contributed by atoms with E-state index in [1.165, 1.54) is 101 Å². The molecule has 2 spiro atoms. The van der Waals surface area contributed by atoms with Crippen molar-refractivity contribution in [2.75, 3.05) is 9.80 Å². The van der Waals surface area contributed by atoms with Gasteiger partial charge in [-0.2, -0.15) is 0 Å². The third-order valence-electron chi connectivity index (χ3n) is 14.6. The zero-order valence-corrected chi connectivity index (χ0v) is 35.0. The molecule has 0 saturated carbocycles. The molecule has 0 bridgehead atoms. The Hall–Kier alpha value is -8.20. The second-order valence-electron chi connectivity index (χ2n) is 17.5. The summed E-state index contributed by atoms with van der Waals surface area (Å²) in [5, 5.41) is 0. The van der Waals surface area contributed by atoms with Crippen molar-refractivity contribution in [2.45, 2.75) is 10.8 Å². The highest BCUT2D eigenvalue weighted by molar-refractivity contribution is 5.99. The summed E-state index contributed by atoms with van der Waals surface area (Å²) in [4.78, 5) is 4.91. The Bertz CT molecular complexity index is 3200. The molecule has 10 aromatic rings. The van der Waals surface area contributed by atoms with E-state index in [0.717, 1.165) is 11.4 Å². The molecule has 0 saturated heterocycles. The highest BCUT2D eigenvalue weighted by Crippen LogP contribution is 2.66. The van der Waals surface area contributed by atoms with Crippen LogP contribution in [0.3, 0.4) is 0 Å². The lowest BCUT2D eigenvalue weighted by atomic mass is 9.64. The highest BCUT2D eigenvalue weighted by atomic mass is 15.2. The van der Waals surface area contributed by atoms with Gasteiger partial charge in [0, 0.05) is 11.4 Å². The van der Waals surface area contributed by atoms with Crippen LogP contribution in [0.2, 0.25) is 0 Å². The third-order valence-corrected chi connectivity index (χ3v) is 14.6. The van der Waals surface area contributed by atoms with Gasteiger partial charge in [0.05, 0.1) is 33.6 Å². The van der Waals surface area contributed by atoms with Crippen molar-refractivity contribution >= 4 is 34.1 Å². The molecule has 4 aliphatic rings. The Kier molecular flexibility index (Phi) is 7.28. The van der Waals surface area contributed by atoms with Crippen molar-refractivity contribution in [1.29, 1.82) is 0 Å². The monoisotopic (exact) mass is 812 g/mol. The fourth-order valence-electron chi connectivity index (χ4n) is 12.3.